The largest absolute Gasteiger partial charge is 0.303 e. The Morgan fingerprint density at radius 2 is 1.52 bits per heavy atom. The van der Waals surface area contributed by atoms with Crippen LogP contribution in [0.25, 0.3) is 0 Å². The van der Waals surface area contributed by atoms with Crippen LogP contribution in [-0.4, -0.2) is 11.3 Å². The summed E-state index contributed by atoms with van der Waals surface area (Å²) in [6.07, 6.45) is 3.61. The topological polar surface area (TPSA) is 42.6 Å². The van der Waals surface area contributed by atoms with Gasteiger partial charge in [0.15, 0.2) is 6.17 Å². The molecule has 0 saturated heterocycles. The summed E-state index contributed by atoms with van der Waals surface area (Å²) < 4.78 is 0. The zero-order chi connectivity index (χ0) is 14.8. The second-order valence-corrected chi connectivity index (χ2v) is 5.20. The summed E-state index contributed by atoms with van der Waals surface area (Å²) in [5.41, 5.74) is 4.47. The van der Waals surface area contributed by atoms with E-state index in [1.165, 1.54) is 16.1 Å². The van der Waals surface area contributed by atoms with Gasteiger partial charge >= 0.3 is 0 Å². The SMILES string of the molecule is Cc1ccc([C@H]2N(C#N)N=CN2c2ccc(C)cc2)cc1. The van der Waals surface area contributed by atoms with E-state index in [0.29, 0.717) is 0 Å². The van der Waals surface area contributed by atoms with Gasteiger partial charge in [-0.25, -0.2) is 0 Å². The molecule has 0 aromatic heterocycles. The molecule has 0 aliphatic carbocycles. The maximum atomic E-state index is 9.30. The van der Waals surface area contributed by atoms with Gasteiger partial charge in [-0.3, -0.25) is 0 Å². The Balaban J connectivity index is 1.99. The third-order valence-corrected chi connectivity index (χ3v) is 3.61. The van der Waals surface area contributed by atoms with E-state index in [-0.39, 0.29) is 6.17 Å². The van der Waals surface area contributed by atoms with E-state index in [2.05, 4.69) is 49.4 Å². The number of benzene rings is 2. The molecule has 0 unspecified atom stereocenters. The van der Waals surface area contributed by atoms with Crippen molar-refractivity contribution in [1.82, 2.24) is 5.01 Å². The molecule has 4 heteroatoms. The van der Waals surface area contributed by atoms with Crippen molar-refractivity contribution in [2.24, 2.45) is 5.10 Å². The number of hydrazone groups is 1. The first-order valence-electron chi connectivity index (χ1n) is 6.84. The van der Waals surface area contributed by atoms with Crippen molar-refractivity contribution < 1.29 is 0 Å². The highest BCUT2D eigenvalue weighted by Gasteiger charge is 2.30. The van der Waals surface area contributed by atoms with Crippen LogP contribution in [0.5, 0.6) is 0 Å². The molecule has 1 atom stereocenters. The van der Waals surface area contributed by atoms with Crippen molar-refractivity contribution in [3.63, 3.8) is 0 Å². The molecule has 2 aromatic rings. The summed E-state index contributed by atoms with van der Waals surface area (Å²) in [6, 6.07) is 16.4. The Hall–Kier alpha value is -2.80. The first kappa shape index (κ1) is 13.2. The van der Waals surface area contributed by atoms with Gasteiger partial charge in [0.25, 0.3) is 0 Å². The Labute approximate surface area is 124 Å². The number of hydrogen-bond donors (Lipinski definition) is 0. The van der Waals surface area contributed by atoms with Gasteiger partial charge in [0, 0.05) is 5.69 Å². The molecule has 4 nitrogen and oxygen atoms in total. The third-order valence-electron chi connectivity index (χ3n) is 3.61. The van der Waals surface area contributed by atoms with Crippen LogP contribution >= 0.6 is 0 Å². The number of hydrogen-bond acceptors (Lipinski definition) is 4. The lowest BCUT2D eigenvalue weighted by atomic mass is 10.1. The average Bonchev–Trinajstić information content (AvgIpc) is 2.93. The lowest BCUT2D eigenvalue weighted by Crippen LogP contribution is -2.29. The van der Waals surface area contributed by atoms with Gasteiger partial charge in [0.1, 0.15) is 6.34 Å². The van der Waals surface area contributed by atoms with Crippen LogP contribution in [-0.2, 0) is 0 Å². The molecule has 2 aromatic carbocycles. The van der Waals surface area contributed by atoms with E-state index in [9.17, 15) is 5.26 Å². The summed E-state index contributed by atoms with van der Waals surface area (Å²) >= 11 is 0. The van der Waals surface area contributed by atoms with Gasteiger partial charge in [0.2, 0.25) is 6.19 Å². The Morgan fingerprint density at radius 3 is 2.10 bits per heavy atom. The van der Waals surface area contributed by atoms with Crippen molar-refractivity contribution >= 4 is 12.0 Å². The minimum atomic E-state index is -0.224. The molecule has 0 spiro atoms. The van der Waals surface area contributed by atoms with Crippen LogP contribution in [0.2, 0.25) is 0 Å². The summed E-state index contributed by atoms with van der Waals surface area (Å²) in [7, 11) is 0. The maximum Gasteiger partial charge on any atom is 0.204 e. The van der Waals surface area contributed by atoms with E-state index in [4.69, 9.17) is 0 Å². The molecule has 0 amide bonds. The molecule has 104 valence electrons. The fourth-order valence-electron chi connectivity index (χ4n) is 2.40. The van der Waals surface area contributed by atoms with Crippen LogP contribution in [0.3, 0.4) is 0 Å². The molecule has 1 aliphatic rings. The van der Waals surface area contributed by atoms with Crippen LogP contribution < -0.4 is 4.90 Å². The molecule has 0 radical (unpaired) electrons. The fraction of sp³-hybridized carbons (Fsp3) is 0.176. The molecular weight excluding hydrogens is 260 g/mol. The van der Waals surface area contributed by atoms with Gasteiger partial charge < -0.3 is 4.90 Å². The molecule has 1 aliphatic heterocycles. The summed E-state index contributed by atoms with van der Waals surface area (Å²) in [5.74, 6) is 0. The number of nitrogens with zero attached hydrogens (tertiary/aromatic N) is 4. The number of aryl methyl sites for hydroxylation is 2. The van der Waals surface area contributed by atoms with E-state index < -0.39 is 0 Å². The number of rotatable bonds is 2. The normalized spacial score (nSPS) is 17.1. The number of anilines is 1. The Bertz CT molecular complexity index is 695. The zero-order valence-corrected chi connectivity index (χ0v) is 12.1. The fourth-order valence-corrected chi connectivity index (χ4v) is 2.40. The van der Waals surface area contributed by atoms with Crippen LogP contribution in [0, 0.1) is 25.3 Å². The van der Waals surface area contributed by atoms with Gasteiger partial charge in [-0.1, -0.05) is 47.5 Å². The van der Waals surface area contributed by atoms with Crippen LogP contribution in [0.4, 0.5) is 5.69 Å². The maximum absolute atomic E-state index is 9.30. The zero-order valence-electron chi connectivity index (χ0n) is 12.1. The lowest BCUT2D eigenvalue weighted by molar-refractivity contribution is 0.345. The van der Waals surface area contributed by atoms with Crippen LogP contribution in [0.15, 0.2) is 53.6 Å². The van der Waals surface area contributed by atoms with E-state index in [1.54, 1.807) is 6.34 Å². The molecule has 3 rings (SSSR count). The summed E-state index contributed by atoms with van der Waals surface area (Å²) in [6.45, 7) is 4.11. The van der Waals surface area contributed by atoms with Crippen molar-refractivity contribution in [3.8, 4) is 6.19 Å². The Kier molecular flexibility index (Phi) is 3.33. The molecule has 0 saturated carbocycles. The Morgan fingerprint density at radius 1 is 0.952 bits per heavy atom. The van der Waals surface area contributed by atoms with Gasteiger partial charge in [-0.15, -0.1) is 0 Å². The quantitative estimate of drug-likeness (QED) is 0.788. The van der Waals surface area contributed by atoms with Crippen LogP contribution in [0.1, 0.15) is 22.9 Å². The number of nitriles is 1. The molecular formula is C17H16N4. The second kappa shape index (κ2) is 5.29. The minimum Gasteiger partial charge on any atom is -0.303 e. The molecule has 0 bridgehead atoms. The summed E-state index contributed by atoms with van der Waals surface area (Å²) in [5, 5.41) is 14.9. The van der Waals surface area contributed by atoms with Crippen molar-refractivity contribution in [2.45, 2.75) is 20.0 Å². The molecule has 1 heterocycles. The highest BCUT2D eigenvalue weighted by Crippen LogP contribution is 2.32. The minimum absolute atomic E-state index is 0.224. The van der Waals surface area contributed by atoms with E-state index in [0.717, 1.165) is 11.3 Å². The molecule has 0 N–H and O–H groups in total. The highest BCUT2D eigenvalue weighted by atomic mass is 15.6. The van der Waals surface area contributed by atoms with Gasteiger partial charge in [-0.05, 0) is 31.5 Å². The lowest BCUT2D eigenvalue weighted by Gasteiger charge is -2.27. The van der Waals surface area contributed by atoms with E-state index in [1.807, 2.05) is 29.2 Å². The van der Waals surface area contributed by atoms with Gasteiger partial charge in [0.05, 0.1) is 0 Å². The second-order valence-electron chi connectivity index (χ2n) is 5.20. The van der Waals surface area contributed by atoms with Crippen molar-refractivity contribution in [1.29, 1.82) is 5.26 Å². The molecule has 21 heavy (non-hydrogen) atoms. The highest BCUT2D eigenvalue weighted by molar-refractivity contribution is 5.82. The smallest absolute Gasteiger partial charge is 0.204 e. The third kappa shape index (κ3) is 2.46. The molecule has 0 fully saturated rings. The predicted octanol–water partition coefficient (Wildman–Crippen LogP) is 3.55. The monoisotopic (exact) mass is 276 g/mol. The van der Waals surface area contributed by atoms with Crippen molar-refractivity contribution in [2.75, 3.05) is 4.90 Å². The standard InChI is InChI=1S/C17H16N4/c1-13-3-7-15(8-4-13)17-20(12-19-21(17)11-18)16-9-5-14(2)6-10-16/h3-10,12,17H,1-2H3/t17-/m1/s1. The predicted molar refractivity (Wildman–Crippen MR) is 83.5 cm³/mol. The summed E-state index contributed by atoms with van der Waals surface area (Å²) in [4.78, 5) is 2.01. The average molecular weight is 276 g/mol. The first-order chi connectivity index (χ1) is 10.2. The van der Waals surface area contributed by atoms with Crippen molar-refractivity contribution in [3.05, 3.63) is 65.2 Å². The first-order valence-corrected chi connectivity index (χ1v) is 6.84. The van der Waals surface area contributed by atoms with E-state index >= 15 is 0 Å². The van der Waals surface area contributed by atoms with Gasteiger partial charge in [-0.2, -0.15) is 15.4 Å².